The summed E-state index contributed by atoms with van der Waals surface area (Å²) < 4.78 is 6.31. The summed E-state index contributed by atoms with van der Waals surface area (Å²) in [6, 6.07) is 69.2. The van der Waals surface area contributed by atoms with Gasteiger partial charge in [-0.2, -0.15) is 0 Å². The molecule has 0 aliphatic heterocycles. The Bertz CT molecular complexity index is 3520. The van der Waals surface area contributed by atoms with Gasteiger partial charge in [-0.3, -0.25) is 0 Å². The maximum absolute atomic E-state index is 6.31. The van der Waals surface area contributed by atoms with Gasteiger partial charge in [0.05, 0.1) is 11.4 Å². The molecule has 0 fully saturated rings. The third-order valence-corrected chi connectivity index (χ3v) is 12.6. The summed E-state index contributed by atoms with van der Waals surface area (Å²) in [5.74, 6) is 2.48. The highest BCUT2D eigenvalue weighted by molar-refractivity contribution is 6.05. The van der Waals surface area contributed by atoms with Crippen LogP contribution in [-0.4, -0.2) is 24.9 Å². The lowest BCUT2D eigenvalue weighted by molar-refractivity contribution is 0.660. The minimum atomic E-state index is -0.165. The summed E-state index contributed by atoms with van der Waals surface area (Å²) in [7, 11) is 0. The van der Waals surface area contributed by atoms with Crippen LogP contribution in [0.5, 0.6) is 0 Å². The fourth-order valence-electron chi connectivity index (χ4n) is 9.21. The molecule has 0 unspecified atom stereocenters. The lowest BCUT2D eigenvalue weighted by atomic mass is 9.82. The molecule has 0 N–H and O–H groups in total. The zero-order valence-corrected chi connectivity index (χ0v) is 35.2. The van der Waals surface area contributed by atoms with Crippen molar-refractivity contribution < 1.29 is 4.42 Å². The van der Waals surface area contributed by atoms with Crippen LogP contribution in [-0.2, 0) is 5.41 Å². The van der Waals surface area contributed by atoms with Crippen LogP contribution in [0.15, 0.2) is 205 Å². The van der Waals surface area contributed by atoms with Crippen LogP contribution in [0.3, 0.4) is 0 Å². The van der Waals surface area contributed by atoms with Gasteiger partial charge in [0.2, 0.25) is 0 Å². The zero-order valence-electron chi connectivity index (χ0n) is 35.2. The monoisotopic (exact) mass is 821 g/mol. The van der Waals surface area contributed by atoms with Crippen molar-refractivity contribution >= 4 is 21.9 Å². The van der Waals surface area contributed by atoms with Gasteiger partial charge in [0, 0.05) is 49.6 Å². The molecule has 1 aliphatic carbocycles. The molecule has 3 heterocycles. The number of rotatable bonds is 7. The van der Waals surface area contributed by atoms with Gasteiger partial charge in [0.1, 0.15) is 11.2 Å². The molecule has 3 aromatic heterocycles. The number of aromatic nitrogens is 5. The molecule has 0 radical (unpaired) electrons. The first-order valence-electron chi connectivity index (χ1n) is 21.6. The molecule has 6 nitrogen and oxygen atoms in total. The number of para-hydroxylation sites is 1. The molecule has 0 saturated heterocycles. The van der Waals surface area contributed by atoms with Crippen molar-refractivity contribution in [1.29, 1.82) is 0 Å². The second-order valence-electron chi connectivity index (χ2n) is 16.9. The van der Waals surface area contributed by atoms with Gasteiger partial charge in [-0.05, 0) is 69.8 Å². The molecule has 0 bridgehead atoms. The summed E-state index contributed by atoms with van der Waals surface area (Å²) in [4.78, 5) is 25.6. The topological polar surface area (TPSA) is 77.6 Å². The van der Waals surface area contributed by atoms with Crippen LogP contribution in [0.2, 0.25) is 0 Å². The number of furan rings is 1. The molecule has 6 heteroatoms. The number of hydrogen-bond acceptors (Lipinski definition) is 6. The van der Waals surface area contributed by atoms with Crippen molar-refractivity contribution in [3.05, 3.63) is 211 Å². The minimum absolute atomic E-state index is 0.165. The van der Waals surface area contributed by atoms with Crippen molar-refractivity contribution in [2.75, 3.05) is 0 Å². The van der Waals surface area contributed by atoms with Crippen molar-refractivity contribution in [1.82, 2.24) is 24.9 Å². The average Bonchev–Trinajstić information content (AvgIpc) is 3.85. The van der Waals surface area contributed by atoms with Gasteiger partial charge in [0.15, 0.2) is 23.3 Å². The van der Waals surface area contributed by atoms with E-state index in [2.05, 4.69) is 153 Å². The second kappa shape index (κ2) is 14.9. The van der Waals surface area contributed by atoms with Crippen molar-refractivity contribution in [2.45, 2.75) is 19.3 Å². The molecular formula is C58H39N5O. The van der Waals surface area contributed by atoms with E-state index in [0.717, 1.165) is 77.8 Å². The van der Waals surface area contributed by atoms with Crippen LogP contribution < -0.4 is 0 Å². The first kappa shape index (κ1) is 37.4. The zero-order chi connectivity index (χ0) is 42.8. The molecule has 64 heavy (non-hydrogen) atoms. The van der Waals surface area contributed by atoms with Gasteiger partial charge in [0.25, 0.3) is 0 Å². The van der Waals surface area contributed by atoms with E-state index in [1.54, 1.807) is 0 Å². The van der Waals surface area contributed by atoms with Crippen LogP contribution in [0, 0.1) is 0 Å². The average molecular weight is 822 g/mol. The molecule has 11 aromatic rings. The van der Waals surface area contributed by atoms with Gasteiger partial charge < -0.3 is 4.42 Å². The fraction of sp³-hybridized carbons (Fsp3) is 0.0517. The fourth-order valence-corrected chi connectivity index (χ4v) is 9.21. The lowest BCUT2D eigenvalue weighted by Crippen LogP contribution is -2.15. The Morgan fingerprint density at radius 1 is 0.312 bits per heavy atom. The summed E-state index contributed by atoms with van der Waals surface area (Å²) in [6.07, 6.45) is 0. The van der Waals surface area contributed by atoms with Crippen molar-refractivity contribution in [2.24, 2.45) is 0 Å². The highest BCUT2D eigenvalue weighted by Crippen LogP contribution is 2.49. The van der Waals surface area contributed by atoms with Crippen molar-refractivity contribution in [3.63, 3.8) is 0 Å². The van der Waals surface area contributed by atoms with Gasteiger partial charge >= 0.3 is 0 Å². The Balaban J connectivity index is 0.937. The van der Waals surface area contributed by atoms with E-state index in [1.165, 1.54) is 22.3 Å². The molecular weight excluding hydrogens is 783 g/mol. The number of nitrogens with zero attached hydrogens (tertiary/aromatic N) is 5. The number of benzene rings is 8. The Kier molecular flexibility index (Phi) is 8.73. The van der Waals surface area contributed by atoms with Crippen LogP contribution in [0.1, 0.15) is 25.0 Å². The number of hydrogen-bond donors (Lipinski definition) is 0. The molecule has 302 valence electrons. The smallest absolute Gasteiger partial charge is 0.164 e. The first-order valence-corrected chi connectivity index (χ1v) is 21.6. The van der Waals surface area contributed by atoms with E-state index in [4.69, 9.17) is 29.3 Å². The van der Waals surface area contributed by atoms with Crippen LogP contribution in [0.25, 0.3) is 112 Å². The van der Waals surface area contributed by atoms with Crippen LogP contribution >= 0.6 is 0 Å². The lowest BCUT2D eigenvalue weighted by Gasteiger charge is -2.21. The predicted octanol–water partition coefficient (Wildman–Crippen LogP) is 14.5. The van der Waals surface area contributed by atoms with E-state index in [1.807, 2.05) is 60.7 Å². The van der Waals surface area contributed by atoms with Crippen LogP contribution in [0.4, 0.5) is 0 Å². The SMILES string of the molecule is CC1(C)c2ccccc2-c2ccc(-c3nc(-c4ccc(-c5cccc(-c6cc(-c7ccccc7)nc(-c7ccccc7)n6)c5)cc4)nc(-c4ccc5c(c4)oc4ccccc45)n3)cc21. The summed E-state index contributed by atoms with van der Waals surface area (Å²) in [6.45, 7) is 4.59. The molecule has 0 amide bonds. The molecule has 8 aromatic carbocycles. The third kappa shape index (κ3) is 6.47. The number of fused-ring (bicyclic) bond motifs is 6. The van der Waals surface area contributed by atoms with E-state index >= 15 is 0 Å². The molecule has 1 aliphatic rings. The quantitative estimate of drug-likeness (QED) is 0.159. The van der Waals surface area contributed by atoms with Gasteiger partial charge in [-0.1, -0.05) is 178 Å². The molecule has 0 spiro atoms. The first-order chi connectivity index (χ1) is 31.4. The predicted molar refractivity (Wildman–Crippen MR) is 258 cm³/mol. The normalized spacial score (nSPS) is 12.7. The van der Waals surface area contributed by atoms with Gasteiger partial charge in [-0.15, -0.1) is 0 Å². The van der Waals surface area contributed by atoms with Gasteiger partial charge in [-0.25, -0.2) is 24.9 Å². The van der Waals surface area contributed by atoms with E-state index in [9.17, 15) is 0 Å². The minimum Gasteiger partial charge on any atom is -0.456 e. The maximum Gasteiger partial charge on any atom is 0.164 e. The largest absolute Gasteiger partial charge is 0.456 e. The Labute approximate surface area is 370 Å². The molecule has 0 atom stereocenters. The summed E-state index contributed by atoms with van der Waals surface area (Å²) >= 11 is 0. The third-order valence-electron chi connectivity index (χ3n) is 12.6. The Hall–Kier alpha value is -8.35. The molecule has 12 rings (SSSR count). The van der Waals surface area contributed by atoms with E-state index in [-0.39, 0.29) is 5.41 Å². The summed E-state index contributed by atoms with van der Waals surface area (Å²) in [5.41, 5.74) is 16.2. The molecule has 0 saturated carbocycles. The highest BCUT2D eigenvalue weighted by Gasteiger charge is 2.35. The Morgan fingerprint density at radius 3 is 1.61 bits per heavy atom. The highest BCUT2D eigenvalue weighted by atomic mass is 16.3. The second-order valence-corrected chi connectivity index (χ2v) is 16.9. The van der Waals surface area contributed by atoms with E-state index in [0.29, 0.717) is 23.3 Å². The van der Waals surface area contributed by atoms with E-state index < -0.39 is 0 Å². The standard InChI is InChI=1S/C58H39N5O/c1-58(2)48-22-11-9-20-44(48)45-30-28-42(33-49(45)58)56-61-55(62-57(63-56)43-29-31-47-46-21-10-12-23-52(46)64-53(47)34-43)39-26-24-36(25-27-39)40-18-13-19-41(32-40)51-35-50(37-14-5-3-6-15-37)59-54(60-51)38-16-7-4-8-17-38/h3-35H,1-2H3. The summed E-state index contributed by atoms with van der Waals surface area (Å²) in [5, 5.41) is 2.14. The maximum atomic E-state index is 6.31. The Morgan fingerprint density at radius 2 is 0.828 bits per heavy atom. The van der Waals surface area contributed by atoms with Crippen molar-refractivity contribution in [3.8, 4) is 90.3 Å².